The first-order valence-corrected chi connectivity index (χ1v) is 18.9. The Balaban J connectivity index is 0.887. The number of piperazine rings is 1. The van der Waals surface area contributed by atoms with E-state index in [2.05, 4.69) is 41.1 Å². The number of carbonyl (C=O) groups excluding carboxylic acids is 6. The lowest BCUT2D eigenvalue weighted by molar-refractivity contribution is -0.136. The van der Waals surface area contributed by atoms with Crippen LogP contribution in [0.2, 0.25) is 5.02 Å². The summed E-state index contributed by atoms with van der Waals surface area (Å²) >= 11 is 7.45. The minimum absolute atomic E-state index is 0.00422. The minimum Gasteiger partial charge on any atom is -0.384 e. The van der Waals surface area contributed by atoms with Crippen molar-refractivity contribution in [1.82, 2.24) is 30.1 Å². The Morgan fingerprint density at radius 2 is 1.78 bits per heavy atom. The quantitative estimate of drug-likeness (QED) is 0.125. The number of hydrogen-bond donors (Lipinski definition) is 4. The smallest absolute Gasteiger partial charge is 0.267 e. The van der Waals surface area contributed by atoms with Crippen LogP contribution in [0.1, 0.15) is 67.5 Å². The van der Waals surface area contributed by atoms with Gasteiger partial charge in [-0.2, -0.15) is 0 Å². The highest BCUT2D eigenvalue weighted by Crippen LogP contribution is 2.33. The van der Waals surface area contributed by atoms with Crippen molar-refractivity contribution in [3.63, 3.8) is 0 Å². The van der Waals surface area contributed by atoms with E-state index in [1.807, 2.05) is 30.0 Å². The zero-order chi connectivity index (χ0) is 38.8. The molecule has 2 aromatic heterocycles. The number of halogens is 1. The van der Waals surface area contributed by atoms with Crippen LogP contribution in [0, 0.1) is 13.8 Å². The molecule has 3 aliphatic rings. The predicted molar refractivity (Wildman–Crippen MR) is 206 cm³/mol. The average molecular weight is 785 g/mol. The first-order chi connectivity index (χ1) is 26.5. The fourth-order valence-electron chi connectivity index (χ4n) is 6.76. The molecule has 18 heteroatoms. The zero-order valence-electron chi connectivity index (χ0n) is 30.0. The molecule has 4 N–H and O–H groups in total. The molecule has 55 heavy (non-hydrogen) atoms. The number of nitrogens with one attached hydrogen (secondary N) is 4. The third kappa shape index (κ3) is 7.98. The van der Waals surface area contributed by atoms with Gasteiger partial charge in [0, 0.05) is 57.3 Å². The van der Waals surface area contributed by atoms with E-state index in [-0.39, 0.29) is 42.2 Å². The first kappa shape index (κ1) is 37.4. The van der Waals surface area contributed by atoms with Gasteiger partial charge in [0.05, 0.1) is 28.0 Å². The second-order valence-corrected chi connectivity index (χ2v) is 14.7. The largest absolute Gasteiger partial charge is 0.384 e. The van der Waals surface area contributed by atoms with Gasteiger partial charge < -0.3 is 25.8 Å². The molecule has 0 radical (unpaired) electrons. The van der Waals surface area contributed by atoms with Crippen molar-refractivity contribution in [2.75, 3.05) is 53.6 Å². The third-order valence-corrected chi connectivity index (χ3v) is 10.8. The van der Waals surface area contributed by atoms with Crippen LogP contribution in [0.5, 0.6) is 0 Å². The maximum atomic E-state index is 13.3. The lowest BCUT2D eigenvalue weighted by Crippen LogP contribution is -2.54. The molecule has 0 saturated carbocycles. The van der Waals surface area contributed by atoms with E-state index >= 15 is 0 Å². The summed E-state index contributed by atoms with van der Waals surface area (Å²) in [6, 6.07) is 11.1. The van der Waals surface area contributed by atoms with Gasteiger partial charge in [0.1, 0.15) is 28.4 Å². The lowest BCUT2D eigenvalue weighted by atomic mass is 10.0. The SMILES string of the molecule is Cc1nc(Nc2ncc(C(=O)Nc3c(C)cccc3Cl)s2)cc(N2CCN(C(=O)CCCNc3cccc4c3C(=O)N(C3CCC(=O)NC3=O)C4=O)CC2)n1. The number of imide groups is 2. The molecule has 1 unspecified atom stereocenters. The molecule has 284 valence electrons. The van der Waals surface area contributed by atoms with Gasteiger partial charge in [-0.1, -0.05) is 41.1 Å². The molecule has 3 aliphatic heterocycles. The Labute approximate surface area is 324 Å². The molecule has 0 spiro atoms. The summed E-state index contributed by atoms with van der Waals surface area (Å²) in [5, 5.41) is 12.4. The molecule has 6 amide bonds. The van der Waals surface area contributed by atoms with Crippen LogP contribution in [0.15, 0.2) is 48.7 Å². The molecule has 2 fully saturated rings. The molecule has 16 nitrogen and oxygen atoms in total. The lowest BCUT2D eigenvalue weighted by Gasteiger charge is -2.35. The topological polar surface area (TPSA) is 199 Å². The Hall–Kier alpha value is -5.94. The van der Waals surface area contributed by atoms with Crippen LogP contribution in [-0.2, 0) is 14.4 Å². The zero-order valence-corrected chi connectivity index (χ0v) is 31.6. The summed E-state index contributed by atoms with van der Waals surface area (Å²) in [4.78, 5) is 95.2. The van der Waals surface area contributed by atoms with E-state index in [0.29, 0.717) is 83.0 Å². The summed E-state index contributed by atoms with van der Waals surface area (Å²) < 4.78 is 0. The summed E-state index contributed by atoms with van der Waals surface area (Å²) in [7, 11) is 0. The van der Waals surface area contributed by atoms with E-state index in [1.54, 1.807) is 31.2 Å². The summed E-state index contributed by atoms with van der Waals surface area (Å²) in [6.07, 6.45) is 2.38. The maximum Gasteiger partial charge on any atom is 0.267 e. The highest BCUT2D eigenvalue weighted by atomic mass is 35.5. The van der Waals surface area contributed by atoms with Crippen LogP contribution < -0.4 is 26.2 Å². The molecular formula is C37H37ClN10O6S. The van der Waals surface area contributed by atoms with Gasteiger partial charge in [-0.25, -0.2) is 15.0 Å². The van der Waals surface area contributed by atoms with Crippen molar-refractivity contribution in [1.29, 1.82) is 0 Å². The van der Waals surface area contributed by atoms with Gasteiger partial charge in [-0.05, 0) is 50.5 Å². The van der Waals surface area contributed by atoms with Crippen LogP contribution in [0.25, 0.3) is 0 Å². The van der Waals surface area contributed by atoms with E-state index < -0.39 is 29.7 Å². The molecular weight excluding hydrogens is 748 g/mol. The number of piperidine rings is 1. The van der Waals surface area contributed by atoms with Crippen molar-refractivity contribution in [3.8, 4) is 0 Å². The summed E-state index contributed by atoms with van der Waals surface area (Å²) in [5.74, 6) is -0.795. The molecule has 2 saturated heterocycles. The predicted octanol–water partition coefficient (Wildman–Crippen LogP) is 4.14. The number of amides is 6. The monoisotopic (exact) mass is 784 g/mol. The van der Waals surface area contributed by atoms with E-state index in [4.69, 9.17) is 11.6 Å². The van der Waals surface area contributed by atoms with Crippen LogP contribution in [-0.4, -0.2) is 99.0 Å². The number of aromatic nitrogens is 3. The number of para-hydroxylation sites is 1. The Bertz CT molecular complexity index is 2200. The fraction of sp³-hybridized carbons (Fsp3) is 0.324. The maximum absolute atomic E-state index is 13.3. The second kappa shape index (κ2) is 15.8. The first-order valence-electron chi connectivity index (χ1n) is 17.7. The number of fused-ring (bicyclic) bond motifs is 1. The standard InChI is InChI=1S/C37H37ClN10O6S/c1-20-6-3-8-23(38)32(20)45-34(52)26-19-40-37(55-26)43-27-18-28(42-21(2)41-27)46-14-16-47(17-15-46)30(50)10-5-13-39-24-9-4-7-22-31(24)36(54)48(35(22)53)25-11-12-29(49)44-33(25)51/h3-4,6-9,18-19,25,39H,5,10-17H2,1-2H3,(H,45,52)(H,44,49,51)(H,40,41,42,43). The van der Waals surface area contributed by atoms with Crippen LogP contribution >= 0.6 is 22.9 Å². The van der Waals surface area contributed by atoms with Crippen molar-refractivity contribution < 1.29 is 28.8 Å². The minimum atomic E-state index is -1.04. The number of benzene rings is 2. The summed E-state index contributed by atoms with van der Waals surface area (Å²) in [5.41, 5.74) is 2.23. The molecule has 1 atom stereocenters. The van der Waals surface area contributed by atoms with E-state index in [1.165, 1.54) is 17.5 Å². The highest BCUT2D eigenvalue weighted by molar-refractivity contribution is 7.17. The van der Waals surface area contributed by atoms with Gasteiger partial charge in [0.2, 0.25) is 17.7 Å². The second-order valence-electron chi connectivity index (χ2n) is 13.3. The van der Waals surface area contributed by atoms with Crippen LogP contribution in [0.4, 0.5) is 28.1 Å². The fourth-order valence-corrected chi connectivity index (χ4v) is 7.75. The van der Waals surface area contributed by atoms with Gasteiger partial charge in [0.15, 0.2) is 5.13 Å². The van der Waals surface area contributed by atoms with E-state index in [0.717, 1.165) is 10.5 Å². The van der Waals surface area contributed by atoms with Crippen molar-refractivity contribution in [2.24, 2.45) is 0 Å². The number of anilines is 5. The van der Waals surface area contributed by atoms with Gasteiger partial charge in [-0.15, -0.1) is 0 Å². The Morgan fingerprint density at radius 1 is 1.00 bits per heavy atom. The highest BCUT2D eigenvalue weighted by Gasteiger charge is 2.45. The van der Waals surface area contributed by atoms with Crippen molar-refractivity contribution >= 4 is 86.5 Å². The number of aryl methyl sites for hydroxylation is 2. The van der Waals surface area contributed by atoms with Crippen LogP contribution in [0.3, 0.4) is 0 Å². The normalized spacial score (nSPS) is 16.9. The Kier molecular flexibility index (Phi) is 10.7. The molecule has 4 aromatic rings. The van der Waals surface area contributed by atoms with Gasteiger partial charge in [-0.3, -0.25) is 39.0 Å². The van der Waals surface area contributed by atoms with Crippen molar-refractivity contribution in [2.45, 2.75) is 45.6 Å². The van der Waals surface area contributed by atoms with Gasteiger partial charge in [0.25, 0.3) is 17.7 Å². The Morgan fingerprint density at radius 3 is 2.55 bits per heavy atom. The third-order valence-electron chi connectivity index (χ3n) is 9.56. The average Bonchev–Trinajstić information content (AvgIpc) is 3.73. The number of carbonyl (C=O) groups is 6. The number of nitrogens with zero attached hydrogens (tertiary/aromatic N) is 6. The van der Waals surface area contributed by atoms with E-state index in [9.17, 15) is 28.8 Å². The van der Waals surface area contributed by atoms with Crippen molar-refractivity contribution in [3.05, 3.63) is 81.1 Å². The number of thiazole rings is 1. The molecule has 5 heterocycles. The number of hydrogen-bond acceptors (Lipinski definition) is 13. The molecule has 0 bridgehead atoms. The van der Waals surface area contributed by atoms with Gasteiger partial charge >= 0.3 is 0 Å². The summed E-state index contributed by atoms with van der Waals surface area (Å²) in [6.45, 7) is 6.19. The number of rotatable bonds is 11. The molecule has 2 aromatic carbocycles. The molecule has 7 rings (SSSR count). The molecule has 0 aliphatic carbocycles.